The Labute approximate surface area is 106 Å². The molecule has 1 aromatic rings. The second-order valence-corrected chi connectivity index (χ2v) is 4.75. The number of carbonyl (C=O) groups is 1. The molecule has 0 aromatic carbocycles. The highest BCUT2D eigenvalue weighted by atomic mass is 16.4. The van der Waals surface area contributed by atoms with Gasteiger partial charge in [-0.05, 0) is 19.8 Å². The highest BCUT2D eigenvalue weighted by molar-refractivity contribution is 5.83. The van der Waals surface area contributed by atoms with E-state index in [0.717, 1.165) is 0 Å². The second kappa shape index (κ2) is 5.34. The Morgan fingerprint density at radius 3 is 2.83 bits per heavy atom. The maximum atomic E-state index is 11.6. The molecular weight excluding hydrogens is 234 g/mol. The van der Waals surface area contributed by atoms with Crippen LogP contribution in [0.3, 0.4) is 0 Å². The zero-order chi connectivity index (χ0) is 13.1. The van der Waals surface area contributed by atoms with Crippen LogP contribution in [-0.4, -0.2) is 47.2 Å². The van der Waals surface area contributed by atoms with Gasteiger partial charge in [0.05, 0.1) is 6.54 Å². The third kappa shape index (κ3) is 3.43. The van der Waals surface area contributed by atoms with Crippen LogP contribution < -0.4 is 10.6 Å². The van der Waals surface area contributed by atoms with Crippen molar-refractivity contribution in [2.45, 2.75) is 38.4 Å². The van der Waals surface area contributed by atoms with Gasteiger partial charge in [0.15, 0.2) is 0 Å². The summed E-state index contributed by atoms with van der Waals surface area (Å²) < 4.78 is 5.40. The van der Waals surface area contributed by atoms with Gasteiger partial charge < -0.3 is 20.0 Å². The number of likely N-dealkylation sites (N-methyl/N-ethyl adjacent to an activating group) is 1. The second-order valence-electron chi connectivity index (χ2n) is 4.75. The summed E-state index contributed by atoms with van der Waals surface area (Å²) in [4.78, 5) is 13.2. The van der Waals surface area contributed by atoms with Crippen LogP contribution in [0.15, 0.2) is 4.42 Å². The highest BCUT2D eigenvalue weighted by Gasteiger charge is 2.21. The lowest BCUT2D eigenvalue weighted by Crippen LogP contribution is -2.36. The topological polar surface area (TPSA) is 83.3 Å². The minimum Gasteiger partial charge on any atom is -0.407 e. The molecule has 7 heteroatoms. The summed E-state index contributed by atoms with van der Waals surface area (Å²) in [7, 11) is 3.42. The molecule has 0 radical (unpaired) electrons. The molecule has 0 spiro atoms. The van der Waals surface area contributed by atoms with Gasteiger partial charge in [0.25, 0.3) is 0 Å². The van der Waals surface area contributed by atoms with Crippen molar-refractivity contribution in [3.8, 4) is 0 Å². The van der Waals surface area contributed by atoms with Crippen molar-refractivity contribution in [1.29, 1.82) is 0 Å². The molecule has 2 rings (SSSR count). The van der Waals surface area contributed by atoms with Crippen LogP contribution in [0.5, 0.6) is 0 Å². The van der Waals surface area contributed by atoms with E-state index in [4.69, 9.17) is 4.42 Å². The van der Waals surface area contributed by atoms with Gasteiger partial charge in [0.2, 0.25) is 11.8 Å². The standard InChI is InChI=1S/C11H19N5O2/c1-7(10(17)16(2)3)13-11-15-14-9(18-11)6-12-8-4-5-8/h7-8,12H,4-6H2,1-3H3,(H,13,15). The van der Waals surface area contributed by atoms with Gasteiger partial charge in [-0.3, -0.25) is 4.79 Å². The van der Waals surface area contributed by atoms with Crippen molar-refractivity contribution in [2.24, 2.45) is 0 Å². The summed E-state index contributed by atoms with van der Waals surface area (Å²) in [6.07, 6.45) is 2.43. The minimum atomic E-state index is -0.385. The van der Waals surface area contributed by atoms with E-state index < -0.39 is 0 Å². The smallest absolute Gasteiger partial charge is 0.316 e. The molecule has 1 aromatic heterocycles. The van der Waals surface area contributed by atoms with E-state index in [1.54, 1.807) is 21.0 Å². The quantitative estimate of drug-likeness (QED) is 0.754. The average molecular weight is 253 g/mol. The predicted molar refractivity (Wildman–Crippen MR) is 65.9 cm³/mol. The van der Waals surface area contributed by atoms with Crippen LogP contribution in [0.2, 0.25) is 0 Å². The van der Waals surface area contributed by atoms with E-state index in [1.165, 1.54) is 17.7 Å². The van der Waals surface area contributed by atoms with Crippen molar-refractivity contribution in [2.75, 3.05) is 19.4 Å². The van der Waals surface area contributed by atoms with Gasteiger partial charge >= 0.3 is 6.01 Å². The number of nitrogens with one attached hydrogen (secondary N) is 2. The van der Waals surface area contributed by atoms with Crippen molar-refractivity contribution in [3.63, 3.8) is 0 Å². The van der Waals surface area contributed by atoms with E-state index in [-0.39, 0.29) is 18.0 Å². The maximum absolute atomic E-state index is 11.6. The van der Waals surface area contributed by atoms with Crippen LogP contribution in [0, 0.1) is 0 Å². The van der Waals surface area contributed by atoms with E-state index in [9.17, 15) is 4.79 Å². The molecule has 1 atom stereocenters. The fourth-order valence-electron chi connectivity index (χ4n) is 1.54. The first-order valence-corrected chi connectivity index (χ1v) is 6.09. The molecule has 0 saturated heterocycles. The number of rotatable bonds is 6. The monoisotopic (exact) mass is 253 g/mol. The predicted octanol–water partition coefficient (Wildman–Crippen LogP) is 0.210. The molecule has 0 bridgehead atoms. The maximum Gasteiger partial charge on any atom is 0.316 e. The zero-order valence-electron chi connectivity index (χ0n) is 10.9. The van der Waals surface area contributed by atoms with Gasteiger partial charge in [-0.25, -0.2) is 0 Å². The van der Waals surface area contributed by atoms with Crippen molar-refractivity contribution in [1.82, 2.24) is 20.4 Å². The Morgan fingerprint density at radius 1 is 1.50 bits per heavy atom. The molecule has 1 saturated carbocycles. The number of carbonyl (C=O) groups excluding carboxylic acids is 1. The molecule has 1 heterocycles. The van der Waals surface area contributed by atoms with Gasteiger partial charge in [0.1, 0.15) is 6.04 Å². The largest absolute Gasteiger partial charge is 0.407 e. The number of anilines is 1. The van der Waals surface area contributed by atoms with Crippen LogP contribution in [-0.2, 0) is 11.3 Å². The SMILES string of the molecule is CC(Nc1nnc(CNC2CC2)o1)C(=O)N(C)C. The van der Waals surface area contributed by atoms with E-state index in [0.29, 0.717) is 18.5 Å². The molecule has 0 aliphatic heterocycles. The van der Waals surface area contributed by atoms with Crippen LogP contribution in [0.4, 0.5) is 6.01 Å². The first-order valence-electron chi connectivity index (χ1n) is 6.09. The Morgan fingerprint density at radius 2 is 2.22 bits per heavy atom. The minimum absolute atomic E-state index is 0.0362. The van der Waals surface area contributed by atoms with E-state index in [2.05, 4.69) is 20.8 Å². The van der Waals surface area contributed by atoms with Crippen LogP contribution in [0.25, 0.3) is 0 Å². The normalized spacial score (nSPS) is 16.4. The lowest BCUT2D eigenvalue weighted by atomic mass is 10.3. The lowest BCUT2D eigenvalue weighted by Gasteiger charge is -2.16. The first-order chi connectivity index (χ1) is 8.56. The molecule has 18 heavy (non-hydrogen) atoms. The summed E-state index contributed by atoms with van der Waals surface area (Å²) in [5.74, 6) is 0.500. The number of nitrogens with zero attached hydrogens (tertiary/aromatic N) is 3. The fraction of sp³-hybridized carbons (Fsp3) is 0.727. The molecule has 1 fully saturated rings. The molecule has 7 nitrogen and oxygen atoms in total. The van der Waals surface area contributed by atoms with Crippen molar-refractivity contribution < 1.29 is 9.21 Å². The van der Waals surface area contributed by atoms with Crippen LogP contribution in [0.1, 0.15) is 25.7 Å². The van der Waals surface area contributed by atoms with Gasteiger partial charge in [-0.2, -0.15) is 0 Å². The molecule has 1 aliphatic carbocycles. The number of hydrogen-bond donors (Lipinski definition) is 2. The van der Waals surface area contributed by atoms with Crippen molar-refractivity contribution in [3.05, 3.63) is 5.89 Å². The zero-order valence-corrected chi connectivity index (χ0v) is 10.9. The number of hydrogen-bond acceptors (Lipinski definition) is 6. The molecule has 1 unspecified atom stereocenters. The summed E-state index contributed by atoms with van der Waals surface area (Å²) >= 11 is 0. The van der Waals surface area contributed by atoms with E-state index >= 15 is 0 Å². The fourth-order valence-corrected chi connectivity index (χ4v) is 1.54. The Kier molecular flexibility index (Phi) is 3.81. The van der Waals surface area contributed by atoms with Crippen LogP contribution >= 0.6 is 0 Å². The Hall–Kier alpha value is -1.63. The molecule has 100 valence electrons. The number of amides is 1. The molecule has 1 amide bonds. The van der Waals surface area contributed by atoms with Gasteiger partial charge in [-0.1, -0.05) is 5.10 Å². The summed E-state index contributed by atoms with van der Waals surface area (Å²) in [6, 6.07) is 0.498. The van der Waals surface area contributed by atoms with Crippen molar-refractivity contribution >= 4 is 11.9 Å². The summed E-state index contributed by atoms with van der Waals surface area (Å²) in [6.45, 7) is 2.34. The third-order valence-electron chi connectivity index (χ3n) is 2.74. The third-order valence-corrected chi connectivity index (χ3v) is 2.74. The highest BCUT2D eigenvalue weighted by Crippen LogP contribution is 2.19. The van der Waals surface area contributed by atoms with Gasteiger partial charge in [-0.15, -0.1) is 5.10 Å². The summed E-state index contributed by atoms with van der Waals surface area (Å²) in [5, 5.41) is 13.9. The molecule has 1 aliphatic rings. The summed E-state index contributed by atoms with van der Waals surface area (Å²) in [5.41, 5.74) is 0. The Bertz CT molecular complexity index is 413. The Balaban J connectivity index is 1.83. The first kappa shape index (κ1) is 12.8. The van der Waals surface area contributed by atoms with Gasteiger partial charge in [0, 0.05) is 20.1 Å². The van der Waals surface area contributed by atoms with E-state index in [1.807, 2.05) is 0 Å². The molecule has 2 N–H and O–H groups in total. The molecular formula is C11H19N5O2. The average Bonchev–Trinajstić information content (AvgIpc) is 3.06. The number of aromatic nitrogens is 2. The lowest BCUT2D eigenvalue weighted by molar-refractivity contribution is -0.129.